The fourth-order valence-electron chi connectivity index (χ4n) is 3.20. The molecule has 1 heterocycles. The summed E-state index contributed by atoms with van der Waals surface area (Å²) in [7, 11) is 0. The van der Waals surface area contributed by atoms with Crippen molar-refractivity contribution in [2.24, 2.45) is 0 Å². The lowest BCUT2D eigenvalue weighted by Gasteiger charge is -2.26. The van der Waals surface area contributed by atoms with Crippen LogP contribution in [0.2, 0.25) is 0 Å². The maximum atomic E-state index is 12.0. The molecule has 0 bridgehead atoms. The number of carbonyl (C=O) groups is 1. The predicted octanol–water partition coefficient (Wildman–Crippen LogP) is 3.99. The predicted molar refractivity (Wildman–Crippen MR) is 111 cm³/mol. The zero-order valence-electron chi connectivity index (χ0n) is 15.8. The summed E-state index contributed by atoms with van der Waals surface area (Å²) in [5.41, 5.74) is 2.44. The number of carbonyl (C=O) groups excluding carboxylic acids is 1. The fourth-order valence-corrected chi connectivity index (χ4v) is 3.93. The van der Waals surface area contributed by atoms with Crippen LogP contribution in [-0.4, -0.2) is 34.6 Å². The smallest absolute Gasteiger partial charge is 0.269 e. The summed E-state index contributed by atoms with van der Waals surface area (Å²) in [6.07, 6.45) is 3.93. The number of non-ortho nitro benzene ring substituents is 1. The molecule has 2 aromatic carbocycles. The second-order valence-electron chi connectivity index (χ2n) is 6.97. The Morgan fingerprint density at radius 3 is 2.29 bits per heavy atom. The molecule has 1 aliphatic heterocycles. The van der Waals surface area contributed by atoms with Gasteiger partial charge < -0.3 is 5.32 Å². The number of thioether (sulfide) groups is 1. The normalized spacial score (nSPS) is 14.6. The highest BCUT2D eigenvalue weighted by Crippen LogP contribution is 2.21. The monoisotopic (exact) mass is 399 g/mol. The van der Waals surface area contributed by atoms with E-state index in [2.05, 4.69) is 34.5 Å². The zero-order valence-corrected chi connectivity index (χ0v) is 16.6. The molecule has 0 saturated carbocycles. The Hall–Kier alpha value is -2.38. The molecule has 2 aromatic rings. The van der Waals surface area contributed by atoms with Gasteiger partial charge in [0.1, 0.15) is 0 Å². The summed E-state index contributed by atoms with van der Waals surface area (Å²) < 4.78 is 0. The van der Waals surface area contributed by atoms with E-state index in [-0.39, 0.29) is 17.3 Å². The first-order valence-corrected chi connectivity index (χ1v) is 10.5. The molecule has 0 unspecified atom stereocenters. The Morgan fingerprint density at radius 2 is 1.64 bits per heavy atom. The van der Waals surface area contributed by atoms with Crippen LogP contribution in [0.3, 0.4) is 0 Å². The van der Waals surface area contributed by atoms with Gasteiger partial charge in [-0.15, -0.1) is 11.8 Å². The summed E-state index contributed by atoms with van der Waals surface area (Å²) in [5, 5.41) is 13.6. The van der Waals surface area contributed by atoms with E-state index in [0.717, 1.165) is 17.0 Å². The van der Waals surface area contributed by atoms with E-state index in [0.29, 0.717) is 6.54 Å². The first kappa shape index (κ1) is 20.4. The maximum absolute atomic E-state index is 12.0. The van der Waals surface area contributed by atoms with Crippen molar-refractivity contribution < 1.29 is 9.72 Å². The number of nitrogens with one attached hydrogen (secondary N) is 1. The molecule has 3 rings (SSSR count). The number of piperidine rings is 1. The molecular weight excluding hydrogens is 374 g/mol. The van der Waals surface area contributed by atoms with Gasteiger partial charge in [-0.05, 0) is 49.2 Å². The largest absolute Gasteiger partial charge is 0.351 e. The topological polar surface area (TPSA) is 75.5 Å². The SMILES string of the molecule is O=C(CSc1ccc([N+](=O)[O-])cc1)NCc1ccc(CN2CCCCC2)cc1. The van der Waals surface area contributed by atoms with Crippen LogP contribution in [0.25, 0.3) is 0 Å². The minimum atomic E-state index is -0.432. The van der Waals surface area contributed by atoms with Crippen molar-refractivity contribution >= 4 is 23.4 Å². The molecule has 0 atom stereocenters. The number of hydrogen-bond acceptors (Lipinski definition) is 5. The fraction of sp³-hybridized carbons (Fsp3) is 0.381. The Labute approximate surface area is 169 Å². The third-order valence-corrected chi connectivity index (χ3v) is 5.80. The van der Waals surface area contributed by atoms with Gasteiger partial charge in [0, 0.05) is 30.1 Å². The maximum Gasteiger partial charge on any atom is 0.269 e. The Kier molecular flexibility index (Phi) is 7.45. The molecule has 1 N–H and O–H groups in total. The van der Waals surface area contributed by atoms with Gasteiger partial charge in [0.25, 0.3) is 5.69 Å². The summed E-state index contributed by atoms with van der Waals surface area (Å²) in [6.45, 7) is 3.87. The van der Waals surface area contributed by atoms with Crippen molar-refractivity contribution in [3.63, 3.8) is 0 Å². The lowest BCUT2D eigenvalue weighted by Crippen LogP contribution is -2.29. The number of hydrogen-bond donors (Lipinski definition) is 1. The van der Waals surface area contributed by atoms with Crippen LogP contribution in [-0.2, 0) is 17.9 Å². The second-order valence-corrected chi connectivity index (χ2v) is 8.02. The van der Waals surface area contributed by atoms with Gasteiger partial charge >= 0.3 is 0 Å². The van der Waals surface area contributed by atoms with Crippen molar-refractivity contribution in [1.82, 2.24) is 10.2 Å². The number of nitro groups is 1. The van der Waals surface area contributed by atoms with Crippen LogP contribution < -0.4 is 5.32 Å². The highest BCUT2D eigenvalue weighted by Gasteiger charge is 2.10. The third-order valence-electron chi connectivity index (χ3n) is 4.78. The van der Waals surface area contributed by atoms with Gasteiger partial charge in [-0.1, -0.05) is 30.7 Å². The van der Waals surface area contributed by atoms with Gasteiger partial charge in [-0.3, -0.25) is 19.8 Å². The summed E-state index contributed by atoms with van der Waals surface area (Å²) in [4.78, 5) is 25.6. The lowest BCUT2D eigenvalue weighted by molar-refractivity contribution is -0.384. The minimum absolute atomic E-state index is 0.0533. The second kappa shape index (κ2) is 10.2. The molecule has 0 spiro atoms. The van der Waals surface area contributed by atoms with E-state index in [9.17, 15) is 14.9 Å². The van der Waals surface area contributed by atoms with Crippen LogP contribution in [0.15, 0.2) is 53.4 Å². The molecular formula is C21H25N3O3S. The van der Waals surface area contributed by atoms with Crippen molar-refractivity contribution in [3.05, 3.63) is 69.8 Å². The van der Waals surface area contributed by atoms with Crippen molar-refractivity contribution in [1.29, 1.82) is 0 Å². The molecule has 1 amide bonds. The number of rotatable bonds is 8. The van der Waals surface area contributed by atoms with Crippen molar-refractivity contribution in [2.45, 2.75) is 37.2 Å². The van der Waals surface area contributed by atoms with Crippen molar-refractivity contribution in [3.8, 4) is 0 Å². The van der Waals surface area contributed by atoms with Crippen LogP contribution in [0.4, 0.5) is 5.69 Å². The first-order valence-electron chi connectivity index (χ1n) is 9.54. The van der Waals surface area contributed by atoms with E-state index in [1.54, 1.807) is 12.1 Å². The highest BCUT2D eigenvalue weighted by atomic mass is 32.2. The number of nitrogens with zero attached hydrogens (tertiary/aromatic N) is 2. The van der Waals surface area contributed by atoms with Gasteiger partial charge in [0.05, 0.1) is 10.7 Å². The molecule has 1 saturated heterocycles. The number of amides is 1. The van der Waals surface area contributed by atoms with Crippen molar-refractivity contribution in [2.75, 3.05) is 18.8 Å². The molecule has 0 aliphatic carbocycles. The van der Waals surface area contributed by atoms with Crippen LogP contribution in [0.5, 0.6) is 0 Å². The van der Waals surface area contributed by atoms with E-state index in [4.69, 9.17) is 0 Å². The minimum Gasteiger partial charge on any atom is -0.351 e. The summed E-state index contributed by atoms with van der Waals surface area (Å²) >= 11 is 1.37. The van der Waals surface area contributed by atoms with Crippen LogP contribution in [0, 0.1) is 10.1 Å². The average molecular weight is 400 g/mol. The molecule has 0 aromatic heterocycles. The highest BCUT2D eigenvalue weighted by molar-refractivity contribution is 8.00. The van der Waals surface area contributed by atoms with Gasteiger partial charge in [-0.25, -0.2) is 0 Å². The molecule has 0 radical (unpaired) electrons. The lowest BCUT2D eigenvalue weighted by atomic mass is 10.1. The molecule has 28 heavy (non-hydrogen) atoms. The Bertz CT molecular complexity index is 788. The quantitative estimate of drug-likeness (QED) is 0.413. The average Bonchev–Trinajstić information content (AvgIpc) is 2.73. The first-order chi connectivity index (χ1) is 13.6. The Balaban J connectivity index is 1.39. The van der Waals surface area contributed by atoms with E-state index >= 15 is 0 Å². The molecule has 6 nitrogen and oxygen atoms in total. The van der Waals surface area contributed by atoms with Crippen LogP contribution >= 0.6 is 11.8 Å². The third kappa shape index (κ3) is 6.35. The molecule has 1 aliphatic rings. The van der Waals surface area contributed by atoms with E-state index in [1.807, 2.05) is 0 Å². The van der Waals surface area contributed by atoms with E-state index < -0.39 is 4.92 Å². The number of benzene rings is 2. The summed E-state index contributed by atoms with van der Waals surface area (Å²) in [6, 6.07) is 14.7. The van der Waals surface area contributed by atoms with E-state index in [1.165, 1.54) is 61.8 Å². The zero-order chi connectivity index (χ0) is 19.8. The molecule has 7 heteroatoms. The summed E-state index contributed by atoms with van der Waals surface area (Å²) in [5.74, 6) is 0.228. The molecule has 1 fully saturated rings. The number of nitro benzene ring substituents is 1. The van der Waals surface area contributed by atoms with Gasteiger partial charge in [-0.2, -0.15) is 0 Å². The standard InChI is InChI=1S/C21H25N3O3S/c25-21(16-28-20-10-8-19(9-11-20)24(26)27)22-14-17-4-6-18(7-5-17)15-23-12-2-1-3-13-23/h4-11H,1-3,12-16H2,(H,22,25). The van der Waals surface area contributed by atoms with Gasteiger partial charge in [0.2, 0.25) is 5.91 Å². The number of likely N-dealkylation sites (tertiary alicyclic amines) is 1. The van der Waals surface area contributed by atoms with Crippen LogP contribution in [0.1, 0.15) is 30.4 Å². The van der Waals surface area contributed by atoms with Gasteiger partial charge in [0.15, 0.2) is 0 Å². The molecule has 148 valence electrons. The Morgan fingerprint density at radius 1 is 1.00 bits per heavy atom.